The SMILES string of the molecule is C.C.CCC1(C)CC(C)(CC)O1. The van der Waals surface area contributed by atoms with Gasteiger partial charge in [0.2, 0.25) is 0 Å². The van der Waals surface area contributed by atoms with Crippen molar-refractivity contribution in [3.05, 3.63) is 0 Å². The Bertz CT molecular complexity index is 109. The summed E-state index contributed by atoms with van der Waals surface area (Å²) in [6.45, 7) is 8.78. The maximum absolute atomic E-state index is 5.81. The van der Waals surface area contributed by atoms with Gasteiger partial charge in [0.05, 0.1) is 11.2 Å². The fourth-order valence-corrected chi connectivity index (χ4v) is 1.77. The lowest BCUT2D eigenvalue weighted by atomic mass is 9.78. The fraction of sp³-hybridized carbons (Fsp3) is 1.00. The van der Waals surface area contributed by atoms with Gasteiger partial charge in [0, 0.05) is 6.42 Å². The van der Waals surface area contributed by atoms with E-state index in [0.717, 1.165) is 12.8 Å². The first kappa shape index (κ1) is 14.5. The predicted octanol–water partition coefficient (Wildman–Crippen LogP) is 4.02. The van der Waals surface area contributed by atoms with Crippen LogP contribution in [0.15, 0.2) is 0 Å². The molecule has 1 aliphatic heterocycles. The van der Waals surface area contributed by atoms with E-state index < -0.39 is 0 Å². The van der Waals surface area contributed by atoms with Crippen molar-refractivity contribution < 1.29 is 4.74 Å². The van der Waals surface area contributed by atoms with Gasteiger partial charge in [-0.05, 0) is 26.7 Å². The molecule has 2 atom stereocenters. The molecular formula is C11H26O. The zero-order chi connectivity index (χ0) is 7.83. The highest BCUT2D eigenvalue weighted by Crippen LogP contribution is 2.44. The second kappa shape index (κ2) is 4.27. The summed E-state index contributed by atoms with van der Waals surface area (Å²) in [5, 5.41) is 0. The second-order valence-electron chi connectivity index (χ2n) is 3.89. The van der Waals surface area contributed by atoms with Crippen molar-refractivity contribution in [3.63, 3.8) is 0 Å². The molecule has 1 rings (SSSR count). The lowest BCUT2D eigenvalue weighted by molar-refractivity contribution is -0.258. The average molecular weight is 174 g/mol. The molecule has 2 unspecified atom stereocenters. The van der Waals surface area contributed by atoms with Crippen LogP contribution in [0.1, 0.15) is 61.8 Å². The fourth-order valence-electron chi connectivity index (χ4n) is 1.77. The minimum absolute atomic E-state index is 0. The predicted molar refractivity (Wildman–Crippen MR) is 56.6 cm³/mol. The maximum Gasteiger partial charge on any atom is 0.0686 e. The van der Waals surface area contributed by atoms with Crippen LogP contribution in [0.5, 0.6) is 0 Å². The van der Waals surface area contributed by atoms with Crippen molar-refractivity contribution in [1.82, 2.24) is 0 Å². The van der Waals surface area contributed by atoms with Gasteiger partial charge < -0.3 is 4.74 Å². The Morgan fingerprint density at radius 1 is 1.00 bits per heavy atom. The Labute approximate surface area is 78.5 Å². The van der Waals surface area contributed by atoms with Crippen LogP contribution in [0.2, 0.25) is 0 Å². The summed E-state index contributed by atoms with van der Waals surface area (Å²) < 4.78 is 5.81. The number of rotatable bonds is 2. The van der Waals surface area contributed by atoms with Crippen LogP contribution in [0.3, 0.4) is 0 Å². The van der Waals surface area contributed by atoms with Gasteiger partial charge in [0.25, 0.3) is 0 Å². The van der Waals surface area contributed by atoms with E-state index in [9.17, 15) is 0 Å². The second-order valence-corrected chi connectivity index (χ2v) is 3.89. The van der Waals surface area contributed by atoms with Crippen molar-refractivity contribution in [2.45, 2.75) is 73.0 Å². The van der Waals surface area contributed by atoms with Crippen molar-refractivity contribution in [2.24, 2.45) is 0 Å². The van der Waals surface area contributed by atoms with E-state index in [-0.39, 0.29) is 26.1 Å². The quantitative estimate of drug-likeness (QED) is 0.614. The van der Waals surface area contributed by atoms with E-state index in [1.165, 1.54) is 6.42 Å². The van der Waals surface area contributed by atoms with Gasteiger partial charge in [0.15, 0.2) is 0 Å². The van der Waals surface area contributed by atoms with Crippen molar-refractivity contribution in [1.29, 1.82) is 0 Å². The van der Waals surface area contributed by atoms with E-state index in [1.807, 2.05) is 0 Å². The highest BCUT2D eigenvalue weighted by molar-refractivity contribution is 4.96. The van der Waals surface area contributed by atoms with Gasteiger partial charge in [-0.2, -0.15) is 0 Å². The molecule has 0 saturated carbocycles. The first-order chi connectivity index (χ1) is 4.54. The first-order valence-corrected chi connectivity index (χ1v) is 4.24. The average Bonchev–Trinajstić information content (AvgIpc) is 1.85. The maximum atomic E-state index is 5.81. The van der Waals surface area contributed by atoms with Gasteiger partial charge in [0.1, 0.15) is 0 Å². The zero-order valence-corrected chi connectivity index (χ0v) is 7.53. The normalized spacial score (nSPS) is 39.0. The van der Waals surface area contributed by atoms with E-state index in [1.54, 1.807) is 0 Å². The first-order valence-electron chi connectivity index (χ1n) is 4.24. The number of hydrogen-bond donors (Lipinski definition) is 0. The van der Waals surface area contributed by atoms with Crippen molar-refractivity contribution >= 4 is 0 Å². The molecule has 0 aromatic heterocycles. The number of ether oxygens (including phenoxy) is 1. The molecular weight excluding hydrogens is 148 g/mol. The Kier molecular flexibility index (Phi) is 5.15. The van der Waals surface area contributed by atoms with Crippen LogP contribution >= 0.6 is 0 Å². The van der Waals surface area contributed by atoms with E-state index in [2.05, 4.69) is 27.7 Å². The summed E-state index contributed by atoms with van der Waals surface area (Å²) in [6, 6.07) is 0. The van der Waals surface area contributed by atoms with Crippen LogP contribution in [0.25, 0.3) is 0 Å². The zero-order valence-electron chi connectivity index (χ0n) is 7.53. The Morgan fingerprint density at radius 3 is 1.42 bits per heavy atom. The Morgan fingerprint density at radius 2 is 1.25 bits per heavy atom. The van der Waals surface area contributed by atoms with Gasteiger partial charge in [-0.1, -0.05) is 28.7 Å². The molecule has 1 heteroatoms. The summed E-state index contributed by atoms with van der Waals surface area (Å²) in [5.74, 6) is 0. The van der Waals surface area contributed by atoms with Crippen LogP contribution in [-0.2, 0) is 4.74 Å². The van der Waals surface area contributed by atoms with Crippen LogP contribution < -0.4 is 0 Å². The molecule has 0 aliphatic carbocycles. The van der Waals surface area contributed by atoms with E-state index in [4.69, 9.17) is 4.74 Å². The Balaban J connectivity index is 0. The van der Waals surface area contributed by atoms with E-state index >= 15 is 0 Å². The smallest absolute Gasteiger partial charge is 0.0686 e. The van der Waals surface area contributed by atoms with Crippen LogP contribution in [0.4, 0.5) is 0 Å². The molecule has 1 heterocycles. The summed E-state index contributed by atoms with van der Waals surface area (Å²) >= 11 is 0. The monoisotopic (exact) mass is 174 g/mol. The largest absolute Gasteiger partial charge is 0.369 e. The molecule has 0 amide bonds. The van der Waals surface area contributed by atoms with Gasteiger partial charge >= 0.3 is 0 Å². The number of hydrogen-bond acceptors (Lipinski definition) is 1. The highest BCUT2D eigenvalue weighted by Gasteiger charge is 2.47. The standard InChI is InChI=1S/C9H18O.2CH4/c1-5-8(3)7-9(4,6-2)10-8;;/h5-7H2,1-4H3;2*1H4. The van der Waals surface area contributed by atoms with Crippen molar-refractivity contribution in [2.75, 3.05) is 0 Å². The molecule has 1 saturated heterocycles. The molecule has 1 nitrogen and oxygen atoms in total. The molecule has 0 aromatic rings. The molecule has 0 bridgehead atoms. The molecule has 1 fully saturated rings. The van der Waals surface area contributed by atoms with Gasteiger partial charge in [-0.15, -0.1) is 0 Å². The Hall–Kier alpha value is -0.0400. The molecule has 0 aromatic carbocycles. The molecule has 12 heavy (non-hydrogen) atoms. The summed E-state index contributed by atoms with van der Waals surface area (Å²) in [5.41, 5.74) is 0.398. The molecule has 76 valence electrons. The third-order valence-electron chi connectivity index (χ3n) is 2.74. The minimum Gasteiger partial charge on any atom is -0.369 e. The van der Waals surface area contributed by atoms with Gasteiger partial charge in [-0.3, -0.25) is 0 Å². The van der Waals surface area contributed by atoms with Gasteiger partial charge in [-0.25, -0.2) is 0 Å². The third-order valence-corrected chi connectivity index (χ3v) is 2.74. The van der Waals surface area contributed by atoms with Crippen molar-refractivity contribution in [3.8, 4) is 0 Å². The lowest BCUT2D eigenvalue weighted by Gasteiger charge is -2.53. The molecule has 0 spiro atoms. The van der Waals surface area contributed by atoms with Crippen LogP contribution in [0, 0.1) is 0 Å². The summed E-state index contributed by atoms with van der Waals surface area (Å²) in [6.07, 6.45) is 3.51. The molecule has 0 N–H and O–H groups in total. The topological polar surface area (TPSA) is 9.23 Å². The summed E-state index contributed by atoms with van der Waals surface area (Å²) in [7, 11) is 0. The molecule has 0 radical (unpaired) electrons. The highest BCUT2D eigenvalue weighted by atomic mass is 16.5. The molecule has 1 aliphatic rings. The van der Waals surface area contributed by atoms with E-state index in [0.29, 0.717) is 0 Å². The summed E-state index contributed by atoms with van der Waals surface area (Å²) in [4.78, 5) is 0. The van der Waals surface area contributed by atoms with Crippen LogP contribution in [-0.4, -0.2) is 11.2 Å². The minimum atomic E-state index is 0. The lowest BCUT2D eigenvalue weighted by Crippen LogP contribution is -2.55. The third kappa shape index (κ3) is 2.48.